The molecule has 1 aromatic heterocycles. The van der Waals surface area contributed by atoms with Gasteiger partial charge in [0.2, 0.25) is 12.7 Å². The van der Waals surface area contributed by atoms with E-state index >= 15 is 0 Å². The Bertz CT molecular complexity index is 1450. The van der Waals surface area contributed by atoms with Gasteiger partial charge in [-0.25, -0.2) is 4.98 Å². The summed E-state index contributed by atoms with van der Waals surface area (Å²) in [6.45, 7) is 0.881. The molecule has 2 fully saturated rings. The Hall–Kier alpha value is -4.00. The number of fused-ring (bicyclic) bond motifs is 5. The van der Waals surface area contributed by atoms with Gasteiger partial charge in [-0.05, 0) is 48.3 Å². The van der Waals surface area contributed by atoms with Crippen molar-refractivity contribution in [3.63, 3.8) is 0 Å². The number of carbonyl (C=O) groups excluding carboxylic acids is 1. The highest BCUT2D eigenvalue weighted by atomic mass is 16.7. The number of hydrogen-bond donors (Lipinski definition) is 0. The van der Waals surface area contributed by atoms with E-state index in [0.29, 0.717) is 30.2 Å². The number of benzene rings is 1. The van der Waals surface area contributed by atoms with E-state index in [2.05, 4.69) is 16.7 Å². The molecule has 0 N–H and O–H groups in total. The van der Waals surface area contributed by atoms with E-state index in [1.54, 1.807) is 0 Å². The normalized spacial score (nSPS) is 25.0. The van der Waals surface area contributed by atoms with Crippen molar-refractivity contribution < 1.29 is 19.0 Å². The maximum absolute atomic E-state index is 14.3. The van der Waals surface area contributed by atoms with Gasteiger partial charge < -0.3 is 23.7 Å². The molecule has 1 atom stereocenters. The summed E-state index contributed by atoms with van der Waals surface area (Å²) in [6, 6.07) is 8.04. The van der Waals surface area contributed by atoms with E-state index in [1.807, 2.05) is 60.5 Å². The molecule has 0 bridgehead atoms. The van der Waals surface area contributed by atoms with Crippen LogP contribution in [-0.2, 0) is 32.6 Å². The van der Waals surface area contributed by atoms with Gasteiger partial charge in [0, 0.05) is 18.8 Å². The van der Waals surface area contributed by atoms with Gasteiger partial charge in [-0.1, -0.05) is 30.4 Å². The largest absolute Gasteiger partial charge is 0.492 e. The van der Waals surface area contributed by atoms with Crippen LogP contribution in [0.4, 0.5) is 0 Å². The van der Waals surface area contributed by atoms with Gasteiger partial charge in [0.1, 0.15) is 23.6 Å². The molecule has 2 saturated heterocycles. The van der Waals surface area contributed by atoms with Crippen LogP contribution in [0.5, 0.6) is 0 Å². The van der Waals surface area contributed by atoms with E-state index in [9.17, 15) is 4.79 Å². The van der Waals surface area contributed by atoms with E-state index < -0.39 is 5.41 Å². The number of allylic oxidation sites excluding steroid dienone is 7. The van der Waals surface area contributed by atoms with Crippen molar-refractivity contribution in [3.8, 4) is 0 Å². The van der Waals surface area contributed by atoms with E-state index in [-0.39, 0.29) is 19.3 Å². The molecule has 2 aromatic rings. The van der Waals surface area contributed by atoms with Crippen LogP contribution in [0.15, 0.2) is 94.8 Å². The number of para-hydroxylation sites is 2. The van der Waals surface area contributed by atoms with Crippen LogP contribution < -0.4 is 0 Å². The quantitative estimate of drug-likeness (QED) is 0.684. The number of likely N-dealkylation sites (tertiary alicyclic amines) is 1. The molecule has 0 radical (unpaired) electrons. The second-order valence-electron chi connectivity index (χ2n) is 9.03. The van der Waals surface area contributed by atoms with Crippen LogP contribution in [-0.4, -0.2) is 33.8 Å². The molecule has 5 aliphatic rings. The molecule has 3 aliphatic heterocycles. The summed E-state index contributed by atoms with van der Waals surface area (Å²) in [6.07, 6.45) is 13.6. The highest BCUT2D eigenvalue weighted by Crippen LogP contribution is 2.56. The lowest BCUT2D eigenvalue weighted by atomic mass is 9.74. The number of imidazole rings is 1. The third kappa shape index (κ3) is 2.52. The van der Waals surface area contributed by atoms with Crippen LogP contribution in [0, 0.1) is 5.41 Å². The van der Waals surface area contributed by atoms with Gasteiger partial charge in [0.15, 0.2) is 11.5 Å². The Morgan fingerprint density at radius 3 is 2.91 bits per heavy atom. The van der Waals surface area contributed by atoms with E-state index in [0.717, 1.165) is 40.1 Å². The number of rotatable bonds is 2. The van der Waals surface area contributed by atoms with Gasteiger partial charge >= 0.3 is 0 Å². The van der Waals surface area contributed by atoms with Crippen LogP contribution in [0.1, 0.15) is 18.7 Å². The van der Waals surface area contributed by atoms with Crippen LogP contribution in [0.25, 0.3) is 11.0 Å². The van der Waals surface area contributed by atoms with Gasteiger partial charge in [-0.15, -0.1) is 0 Å². The van der Waals surface area contributed by atoms with Crippen molar-refractivity contribution in [1.82, 2.24) is 14.5 Å². The first-order chi connectivity index (χ1) is 16.7. The average Bonchev–Trinajstić information content (AvgIpc) is 3.49. The van der Waals surface area contributed by atoms with Gasteiger partial charge in [0.05, 0.1) is 17.6 Å². The molecule has 1 amide bonds. The zero-order chi connectivity index (χ0) is 22.9. The molecule has 34 heavy (non-hydrogen) atoms. The Labute approximate surface area is 196 Å². The molecule has 7 nitrogen and oxygen atoms in total. The lowest BCUT2D eigenvalue weighted by molar-refractivity contribution is -0.134. The summed E-state index contributed by atoms with van der Waals surface area (Å²) in [5.74, 6) is 2.96. The highest BCUT2D eigenvalue weighted by molar-refractivity contribution is 5.98. The molecule has 7 heteroatoms. The number of hydrogen-bond acceptors (Lipinski definition) is 5. The van der Waals surface area contributed by atoms with Gasteiger partial charge in [-0.3, -0.25) is 4.79 Å². The summed E-state index contributed by atoms with van der Waals surface area (Å²) < 4.78 is 19.5. The molecule has 0 saturated carbocycles. The number of amides is 1. The lowest BCUT2D eigenvalue weighted by Crippen LogP contribution is -2.37. The Morgan fingerprint density at radius 2 is 2.00 bits per heavy atom. The Kier molecular flexibility index (Phi) is 4.01. The van der Waals surface area contributed by atoms with E-state index in [4.69, 9.17) is 19.2 Å². The maximum Gasteiger partial charge on any atom is 0.245 e. The highest BCUT2D eigenvalue weighted by Gasteiger charge is 2.59. The zero-order valence-electron chi connectivity index (χ0n) is 18.8. The average molecular weight is 453 g/mol. The van der Waals surface area contributed by atoms with Crippen LogP contribution in [0.3, 0.4) is 0 Å². The number of ether oxygens (including phenoxy) is 3. The van der Waals surface area contributed by atoms with E-state index in [1.165, 1.54) is 0 Å². The number of aromatic nitrogens is 2. The van der Waals surface area contributed by atoms with Crippen molar-refractivity contribution in [2.45, 2.75) is 19.4 Å². The second-order valence-corrected chi connectivity index (χ2v) is 9.03. The maximum atomic E-state index is 14.3. The molecular weight excluding hydrogens is 430 g/mol. The summed E-state index contributed by atoms with van der Waals surface area (Å²) >= 11 is 0. The lowest BCUT2D eigenvalue weighted by Gasteiger charge is -2.24. The molecular formula is C27H23N3O4. The van der Waals surface area contributed by atoms with Gasteiger partial charge in [0.25, 0.3) is 0 Å². The predicted octanol–water partition coefficient (Wildman–Crippen LogP) is 4.13. The SMILES string of the molecule is Cn1c(CN2C(=O)C3(COC4=C3CC=C3OCOC3=C4)C3=CCC=CC=C32)nc2ccccc21. The molecule has 1 spiro atoms. The molecule has 1 aromatic carbocycles. The molecule has 2 aliphatic carbocycles. The van der Waals surface area contributed by atoms with Crippen molar-refractivity contribution in [2.24, 2.45) is 12.5 Å². The monoisotopic (exact) mass is 453 g/mol. The fourth-order valence-corrected chi connectivity index (χ4v) is 5.63. The number of carbonyl (C=O) groups is 1. The first-order valence-corrected chi connectivity index (χ1v) is 11.5. The van der Waals surface area contributed by atoms with Crippen molar-refractivity contribution in [2.75, 3.05) is 13.4 Å². The predicted molar refractivity (Wildman–Crippen MR) is 124 cm³/mol. The third-order valence-corrected chi connectivity index (χ3v) is 7.35. The summed E-state index contributed by atoms with van der Waals surface area (Å²) in [7, 11) is 2.00. The van der Waals surface area contributed by atoms with Crippen LogP contribution in [0.2, 0.25) is 0 Å². The van der Waals surface area contributed by atoms with Crippen molar-refractivity contribution in [1.29, 1.82) is 0 Å². The minimum absolute atomic E-state index is 0.0306. The van der Waals surface area contributed by atoms with Crippen molar-refractivity contribution in [3.05, 3.63) is 101 Å². The Balaban J connectivity index is 1.35. The molecule has 4 heterocycles. The zero-order valence-corrected chi connectivity index (χ0v) is 18.8. The smallest absolute Gasteiger partial charge is 0.245 e. The summed E-state index contributed by atoms with van der Waals surface area (Å²) in [5.41, 5.74) is 4.01. The standard InChI is InChI=1S/C27H23N3O4/c1-29-21-10-6-5-8-19(21)28-25(29)14-30-20-9-4-2-3-7-17(20)27(26(30)31)15-32-23-13-24-22(33-16-34-24)12-11-18(23)27/h2,4-10,12-13H,3,11,14-16H2,1H3. The third-order valence-electron chi connectivity index (χ3n) is 7.35. The summed E-state index contributed by atoms with van der Waals surface area (Å²) in [4.78, 5) is 21.0. The fraction of sp³-hybridized carbons (Fsp3) is 0.259. The molecule has 170 valence electrons. The first kappa shape index (κ1) is 19.5. The minimum Gasteiger partial charge on any atom is -0.492 e. The van der Waals surface area contributed by atoms with Crippen LogP contribution >= 0.6 is 0 Å². The second kappa shape index (κ2) is 7.00. The number of nitrogens with zero attached hydrogens (tertiary/aromatic N) is 3. The minimum atomic E-state index is -0.857. The van der Waals surface area contributed by atoms with Crippen molar-refractivity contribution >= 4 is 16.9 Å². The number of aryl methyl sites for hydroxylation is 1. The summed E-state index contributed by atoms with van der Waals surface area (Å²) in [5, 5.41) is 0. The molecule has 1 unspecified atom stereocenters. The Morgan fingerprint density at radius 1 is 1.12 bits per heavy atom. The topological polar surface area (TPSA) is 65.8 Å². The fourth-order valence-electron chi connectivity index (χ4n) is 5.63. The molecule has 7 rings (SSSR count). The van der Waals surface area contributed by atoms with Gasteiger partial charge in [-0.2, -0.15) is 0 Å². The first-order valence-electron chi connectivity index (χ1n) is 11.5.